The first-order valence-electron chi connectivity index (χ1n) is 4.23. The fourth-order valence-corrected chi connectivity index (χ4v) is 1.76. The molecule has 0 N–H and O–H groups in total. The molecule has 1 heterocycles. The highest BCUT2D eigenvalue weighted by Gasteiger charge is 2.18. The number of likely N-dealkylation sites (tertiary alicyclic amines) is 1. The number of rotatable bonds is 3. The second-order valence-electron chi connectivity index (χ2n) is 3.29. The molecular formula is C9H14ClNO. The smallest absolute Gasteiger partial charge is 0.124 e. The van der Waals surface area contributed by atoms with E-state index in [1.807, 2.05) is 0 Å². The Labute approximate surface area is 78.2 Å². The van der Waals surface area contributed by atoms with E-state index in [-0.39, 0.29) is 5.92 Å². The van der Waals surface area contributed by atoms with Crippen LogP contribution in [0.5, 0.6) is 0 Å². The van der Waals surface area contributed by atoms with Gasteiger partial charge in [0.25, 0.3) is 0 Å². The van der Waals surface area contributed by atoms with Gasteiger partial charge in [-0.25, -0.2) is 0 Å². The number of halogens is 1. The summed E-state index contributed by atoms with van der Waals surface area (Å²) in [5.41, 5.74) is 0. The minimum atomic E-state index is 0.203. The number of piperidine rings is 1. The van der Waals surface area contributed by atoms with Crippen LogP contribution in [0.25, 0.3) is 0 Å². The molecule has 0 aromatic carbocycles. The monoisotopic (exact) mass is 187 g/mol. The van der Waals surface area contributed by atoms with Crippen LogP contribution in [-0.2, 0) is 4.79 Å². The van der Waals surface area contributed by atoms with Crippen LogP contribution in [0.15, 0.2) is 11.6 Å². The molecule has 1 aliphatic rings. The van der Waals surface area contributed by atoms with Gasteiger partial charge in [0.2, 0.25) is 0 Å². The summed E-state index contributed by atoms with van der Waals surface area (Å²) in [5, 5.41) is 0.654. The molecule has 68 valence electrons. The zero-order valence-electron chi connectivity index (χ0n) is 7.13. The van der Waals surface area contributed by atoms with Crippen molar-refractivity contribution in [1.82, 2.24) is 4.90 Å². The standard InChI is InChI=1S/C9H14ClNO/c1-8(10)5-11-4-2-3-9(6-11)7-12/h7,9H,1-6H2. The van der Waals surface area contributed by atoms with Crippen molar-refractivity contribution in [3.63, 3.8) is 0 Å². The molecule has 0 saturated carbocycles. The lowest BCUT2D eigenvalue weighted by atomic mass is 10.00. The molecule has 1 atom stereocenters. The van der Waals surface area contributed by atoms with Gasteiger partial charge in [-0.2, -0.15) is 0 Å². The van der Waals surface area contributed by atoms with Gasteiger partial charge in [0.1, 0.15) is 6.29 Å². The number of nitrogens with zero attached hydrogens (tertiary/aromatic N) is 1. The van der Waals surface area contributed by atoms with Crippen LogP contribution in [0, 0.1) is 5.92 Å². The topological polar surface area (TPSA) is 20.3 Å². The van der Waals surface area contributed by atoms with E-state index in [0.717, 1.165) is 32.2 Å². The van der Waals surface area contributed by atoms with Crippen molar-refractivity contribution in [2.45, 2.75) is 12.8 Å². The summed E-state index contributed by atoms with van der Waals surface area (Å²) in [7, 11) is 0. The molecule has 12 heavy (non-hydrogen) atoms. The Balaban J connectivity index is 2.35. The predicted molar refractivity (Wildman–Crippen MR) is 50.2 cm³/mol. The molecule has 1 unspecified atom stereocenters. The van der Waals surface area contributed by atoms with Crippen molar-refractivity contribution in [3.8, 4) is 0 Å². The number of aldehydes is 1. The molecule has 0 radical (unpaired) electrons. The highest BCUT2D eigenvalue weighted by molar-refractivity contribution is 6.29. The minimum absolute atomic E-state index is 0.203. The second kappa shape index (κ2) is 4.63. The van der Waals surface area contributed by atoms with Crippen LogP contribution in [0.2, 0.25) is 0 Å². The average molecular weight is 188 g/mol. The fourth-order valence-electron chi connectivity index (χ4n) is 1.59. The van der Waals surface area contributed by atoms with Crippen molar-refractivity contribution >= 4 is 17.9 Å². The number of hydrogen-bond donors (Lipinski definition) is 0. The third kappa shape index (κ3) is 2.95. The zero-order valence-corrected chi connectivity index (χ0v) is 7.89. The summed E-state index contributed by atoms with van der Waals surface area (Å²) < 4.78 is 0. The summed E-state index contributed by atoms with van der Waals surface area (Å²) in [4.78, 5) is 12.7. The van der Waals surface area contributed by atoms with Gasteiger partial charge in [0, 0.05) is 24.0 Å². The molecule has 0 aromatic rings. The van der Waals surface area contributed by atoms with E-state index in [2.05, 4.69) is 11.5 Å². The summed E-state index contributed by atoms with van der Waals surface area (Å²) in [6.45, 7) is 6.23. The third-order valence-corrected chi connectivity index (χ3v) is 2.25. The molecule has 1 aliphatic heterocycles. The molecule has 0 aliphatic carbocycles. The molecular weight excluding hydrogens is 174 g/mol. The maximum Gasteiger partial charge on any atom is 0.124 e. The number of hydrogen-bond acceptors (Lipinski definition) is 2. The highest BCUT2D eigenvalue weighted by Crippen LogP contribution is 2.15. The zero-order chi connectivity index (χ0) is 8.97. The van der Waals surface area contributed by atoms with E-state index in [0.29, 0.717) is 11.6 Å². The molecule has 1 fully saturated rings. The lowest BCUT2D eigenvalue weighted by molar-refractivity contribution is -0.112. The largest absolute Gasteiger partial charge is 0.303 e. The Morgan fingerprint density at radius 1 is 1.75 bits per heavy atom. The van der Waals surface area contributed by atoms with Crippen LogP contribution in [0.4, 0.5) is 0 Å². The highest BCUT2D eigenvalue weighted by atomic mass is 35.5. The average Bonchev–Trinajstić information content (AvgIpc) is 2.03. The maximum absolute atomic E-state index is 10.5. The summed E-state index contributed by atoms with van der Waals surface area (Å²) >= 11 is 5.68. The van der Waals surface area contributed by atoms with Crippen molar-refractivity contribution in [2.24, 2.45) is 5.92 Å². The second-order valence-corrected chi connectivity index (χ2v) is 3.83. The van der Waals surface area contributed by atoms with E-state index in [1.165, 1.54) is 0 Å². The minimum Gasteiger partial charge on any atom is -0.303 e. The summed E-state index contributed by atoms with van der Waals surface area (Å²) in [5.74, 6) is 0.203. The van der Waals surface area contributed by atoms with Gasteiger partial charge in [-0.05, 0) is 19.4 Å². The lowest BCUT2D eigenvalue weighted by Crippen LogP contribution is -2.36. The van der Waals surface area contributed by atoms with E-state index < -0.39 is 0 Å². The van der Waals surface area contributed by atoms with E-state index >= 15 is 0 Å². The normalized spacial score (nSPS) is 25.2. The van der Waals surface area contributed by atoms with Crippen LogP contribution in [-0.4, -0.2) is 30.8 Å². The maximum atomic E-state index is 10.5. The molecule has 0 aromatic heterocycles. The van der Waals surface area contributed by atoms with Gasteiger partial charge in [0.15, 0.2) is 0 Å². The molecule has 2 nitrogen and oxygen atoms in total. The van der Waals surface area contributed by atoms with E-state index in [9.17, 15) is 4.79 Å². The van der Waals surface area contributed by atoms with Gasteiger partial charge in [-0.15, -0.1) is 0 Å². The van der Waals surface area contributed by atoms with Crippen molar-refractivity contribution < 1.29 is 4.79 Å². The van der Waals surface area contributed by atoms with Gasteiger partial charge in [0.05, 0.1) is 0 Å². The van der Waals surface area contributed by atoms with Gasteiger partial charge < -0.3 is 4.79 Å². The van der Waals surface area contributed by atoms with Crippen LogP contribution >= 0.6 is 11.6 Å². The third-order valence-electron chi connectivity index (χ3n) is 2.13. The first kappa shape index (κ1) is 9.75. The van der Waals surface area contributed by atoms with Crippen molar-refractivity contribution in [1.29, 1.82) is 0 Å². The van der Waals surface area contributed by atoms with Crippen LogP contribution in [0.1, 0.15) is 12.8 Å². The van der Waals surface area contributed by atoms with Gasteiger partial charge >= 0.3 is 0 Å². The Bertz CT molecular complexity index is 181. The quantitative estimate of drug-likeness (QED) is 0.627. The van der Waals surface area contributed by atoms with E-state index in [4.69, 9.17) is 11.6 Å². The number of carbonyl (C=O) groups is 1. The van der Waals surface area contributed by atoms with Crippen LogP contribution in [0.3, 0.4) is 0 Å². The molecule has 1 saturated heterocycles. The van der Waals surface area contributed by atoms with Crippen molar-refractivity contribution in [3.05, 3.63) is 11.6 Å². The molecule has 3 heteroatoms. The Morgan fingerprint density at radius 3 is 3.08 bits per heavy atom. The number of carbonyl (C=O) groups excluding carboxylic acids is 1. The van der Waals surface area contributed by atoms with Gasteiger partial charge in [-0.1, -0.05) is 18.2 Å². The first-order chi connectivity index (χ1) is 5.72. The Kier molecular flexibility index (Phi) is 3.76. The van der Waals surface area contributed by atoms with E-state index in [1.54, 1.807) is 0 Å². The Hall–Kier alpha value is -0.340. The van der Waals surface area contributed by atoms with Crippen molar-refractivity contribution in [2.75, 3.05) is 19.6 Å². The fraction of sp³-hybridized carbons (Fsp3) is 0.667. The van der Waals surface area contributed by atoms with Gasteiger partial charge in [-0.3, -0.25) is 4.90 Å². The molecule has 0 spiro atoms. The Morgan fingerprint density at radius 2 is 2.50 bits per heavy atom. The van der Waals surface area contributed by atoms with Crippen LogP contribution < -0.4 is 0 Å². The first-order valence-corrected chi connectivity index (χ1v) is 4.61. The predicted octanol–water partition coefficient (Wildman–Crippen LogP) is 1.65. The summed E-state index contributed by atoms with van der Waals surface area (Å²) in [6.07, 6.45) is 3.16. The molecule has 1 rings (SSSR count). The lowest BCUT2D eigenvalue weighted by Gasteiger charge is -2.29. The molecule has 0 bridgehead atoms. The summed E-state index contributed by atoms with van der Waals surface area (Å²) in [6, 6.07) is 0. The molecule has 0 amide bonds. The SMILES string of the molecule is C=C(Cl)CN1CCCC(C=O)C1.